The second kappa shape index (κ2) is 7.06. The first-order chi connectivity index (χ1) is 12.8. The second-order valence-corrected chi connectivity index (χ2v) is 9.91. The van der Waals surface area contributed by atoms with Gasteiger partial charge in [-0.05, 0) is 90.9 Å². The van der Waals surface area contributed by atoms with E-state index in [1.165, 1.54) is 43.7 Å². The van der Waals surface area contributed by atoms with Gasteiger partial charge in [-0.2, -0.15) is 0 Å². The summed E-state index contributed by atoms with van der Waals surface area (Å²) in [5.41, 5.74) is 6.13. The van der Waals surface area contributed by atoms with E-state index in [4.69, 9.17) is 4.74 Å². The van der Waals surface area contributed by atoms with Crippen LogP contribution < -0.4 is 4.74 Å². The van der Waals surface area contributed by atoms with Gasteiger partial charge in [-0.3, -0.25) is 4.79 Å². The van der Waals surface area contributed by atoms with Crippen molar-refractivity contribution in [1.29, 1.82) is 0 Å². The first-order valence-electron chi connectivity index (χ1n) is 10.4. The number of aryl methyl sites for hydroxylation is 1. The van der Waals surface area contributed by atoms with Gasteiger partial charge in [0.15, 0.2) is 0 Å². The Morgan fingerprint density at radius 1 is 1.37 bits per heavy atom. The molecule has 2 saturated carbocycles. The molecule has 0 N–H and O–H groups in total. The number of allylic oxidation sites excluding steroid dienone is 2. The highest BCUT2D eigenvalue weighted by Crippen LogP contribution is 2.64. The van der Waals surface area contributed by atoms with E-state index in [1.807, 2.05) is 0 Å². The van der Waals surface area contributed by atoms with Gasteiger partial charge in [0.25, 0.3) is 0 Å². The Morgan fingerprint density at radius 2 is 2.15 bits per heavy atom. The lowest BCUT2D eigenvalue weighted by atomic mass is 9.52. The number of fused-ring (bicyclic) bond motifs is 5. The van der Waals surface area contributed by atoms with Crippen LogP contribution in [0.3, 0.4) is 0 Å². The molecule has 1 aromatic carbocycles. The molecule has 0 amide bonds. The van der Waals surface area contributed by atoms with Crippen molar-refractivity contribution in [2.45, 2.75) is 65.7 Å². The maximum absolute atomic E-state index is 11.4. The van der Waals surface area contributed by atoms with Gasteiger partial charge in [0.2, 0.25) is 0 Å². The van der Waals surface area contributed by atoms with Crippen molar-refractivity contribution in [2.24, 2.45) is 23.2 Å². The van der Waals surface area contributed by atoms with E-state index < -0.39 is 0 Å². The van der Waals surface area contributed by atoms with Crippen molar-refractivity contribution in [3.8, 4) is 5.75 Å². The van der Waals surface area contributed by atoms with Crippen LogP contribution in [0, 0.1) is 30.1 Å². The van der Waals surface area contributed by atoms with Crippen LogP contribution in [-0.2, 0) is 11.2 Å². The molecule has 3 heteroatoms. The van der Waals surface area contributed by atoms with Crippen molar-refractivity contribution < 1.29 is 9.53 Å². The summed E-state index contributed by atoms with van der Waals surface area (Å²) in [4.78, 5) is 11.4. The normalized spacial score (nSPS) is 36.1. The highest BCUT2D eigenvalue weighted by Gasteiger charge is 2.54. The molecule has 5 atom stereocenters. The largest absolute Gasteiger partial charge is 0.426 e. The average molecular weight is 431 g/mol. The van der Waals surface area contributed by atoms with Crippen LogP contribution in [0.4, 0.5) is 0 Å². The predicted octanol–water partition coefficient (Wildman–Crippen LogP) is 6.34. The number of hydrogen-bond donors (Lipinski definition) is 0. The van der Waals surface area contributed by atoms with Crippen molar-refractivity contribution in [3.63, 3.8) is 0 Å². The molecule has 0 saturated heterocycles. The lowest BCUT2D eigenvalue weighted by Crippen LogP contribution is -2.43. The highest BCUT2D eigenvalue weighted by molar-refractivity contribution is 9.09. The Hall–Kier alpha value is -1.09. The summed E-state index contributed by atoms with van der Waals surface area (Å²) >= 11 is 3.62. The number of esters is 1. The van der Waals surface area contributed by atoms with E-state index in [0.29, 0.717) is 17.3 Å². The third-order valence-electron chi connectivity index (χ3n) is 7.79. The van der Waals surface area contributed by atoms with Crippen LogP contribution in [0.15, 0.2) is 23.8 Å². The first kappa shape index (κ1) is 19.2. The average Bonchev–Trinajstić information content (AvgIpc) is 2.93. The molecule has 0 aliphatic heterocycles. The number of benzene rings is 1. The maximum Gasteiger partial charge on any atom is 0.308 e. The molecule has 2 nitrogen and oxygen atoms in total. The fraction of sp³-hybridized carbons (Fsp3) is 0.625. The van der Waals surface area contributed by atoms with Gasteiger partial charge in [0, 0.05) is 12.3 Å². The zero-order valence-corrected chi connectivity index (χ0v) is 18.6. The molecule has 4 rings (SSSR count). The van der Waals surface area contributed by atoms with E-state index in [2.05, 4.69) is 54.9 Å². The number of ether oxygens (including phenoxy) is 1. The second-order valence-electron chi connectivity index (χ2n) is 9.26. The van der Waals surface area contributed by atoms with Gasteiger partial charge >= 0.3 is 5.97 Å². The van der Waals surface area contributed by atoms with Crippen molar-refractivity contribution in [1.82, 2.24) is 0 Å². The number of hydrogen-bond acceptors (Lipinski definition) is 2. The summed E-state index contributed by atoms with van der Waals surface area (Å²) in [5.74, 6) is 3.44. The molecule has 0 aromatic heterocycles. The Kier molecular flexibility index (Phi) is 5.03. The topological polar surface area (TPSA) is 26.3 Å². The Balaban J connectivity index is 1.71. The zero-order chi connectivity index (χ0) is 19.3. The molecular weight excluding hydrogens is 400 g/mol. The molecule has 146 valence electrons. The fourth-order valence-corrected chi connectivity index (χ4v) is 7.04. The monoisotopic (exact) mass is 430 g/mol. The summed E-state index contributed by atoms with van der Waals surface area (Å²) in [6.45, 7) is 8.54. The van der Waals surface area contributed by atoms with Gasteiger partial charge < -0.3 is 4.74 Å². The summed E-state index contributed by atoms with van der Waals surface area (Å²) in [7, 11) is 0. The number of carbonyl (C=O) groups excluding carboxylic acids is 1. The Morgan fingerprint density at radius 3 is 2.85 bits per heavy atom. The predicted molar refractivity (Wildman–Crippen MR) is 114 cm³/mol. The van der Waals surface area contributed by atoms with Gasteiger partial charge in [-0.15, -0.1) is 0 Å². The summed E-state index contributed by atoms with van der Waals surface area (Å²) in [5, 5.41) is 0.981. The molecule has 27 heavy (non-hydrogen) atoms. The smallest absolute Gasteiger partial charge is 0.308 e. The van der Waals surface area contributed by atoms with E-state index in [0.717, 1.165) is 34.9 Å². The third-order valence-corrected chi connectivity index (χ3v) is 8.12. The van der Waals surface area contributed by atoms with Crippen LogP contribution in [0.5, 0.6) is 5.75 Å². The molecule has 1 aromatic rings. The van der Waals surface area contributed by atoms with Crippen LogP contribution in [0.2, 0.25) is 0 Å². The van der Waals surface area contributed by atoms with Crippen molar-refractivity contribution >= 4 is 21.9 Å². The van der Waals surface area contributed by atoms with Gasteiger partial charge in [-0.25, -0.2) is 0 Å². The summed E-state index contributed by atoms with van der Waals surface area (Å²) < 4.78 is 5.46. The standard InChI is InChI=1S/C24H31BrO2/c1-14-12-20-17(13-22(14)27-16(3)26)11-15(2)23-19(20)7-9-24(4)18(8-10-25)5-6-21(23)24/h8,12-13,15,19,21,23H,5-7,9-11H2,1-4H3/b18-8+/t15-,19?,21?,23?,24?/m1/s1. The minimum atomic E-state index is -0.231. The first-order valence-corrected chi connectivity index (χ1v) is 11.5. The van der Waals surface area contributed by atoms with Gasteiger partial charge in [-0.1, -0.05) is 47.5 Å². The fourth-order valence-electron chi connectivity index (χ4n) is 6.65. The lowest BCUT2D eigenvalue weighted by Gasteiger charge is -2.52. The molecule has 2 fully saturated rings. The summed E-state index contributed by atoms with van der Waals surface area (Å²) in [6, 6.07) is 4.47. The Bertz CT molecular complexity index is 796. The van der Waals surface area contributed by atoms with Crippen LogP contribution in [0.1, 0.15) is 69.1 Å². The minimum Gasteiger partial charge on any atom is -0.426 e. The summed E-state index contributed by atoms with van der Waals surface area (Å²) in [6.07, 6.45) is 8.75. The Labute approximate surface area is 171 Å². The van der Waals surface area contributed by atoms with Crippen molar-refractivity contribution in [3.05, 3.63) is 40.5 Å². The molecule has 4 unspecified atom stereocenters. The highest BCUT2D eigenvalue weighted by atomic mass is 79.9. The molecule has 0 bridgehead atoms. The van der Waals surface area contributed by atoms with E-state index in [9.17, 15) is 4.79 Å². The lowest BCUT2D eigenvalue weighted by molar-refractivity contribution is -0.131. The molecular formula is C24H31BrO2. The SMILES string of the molecule is CC(=O)Oc1cc2c(cc1C)C1CCC3(C)/C(=C/CBr)CCC3C1[C@H](C)C2. The zero-order valence-electron chi connectivity index (χ0n) is 17.0. The van der Waals surface area contributed by atoms with E-state index >= 15 is 0 Å². The number of rotatable bonds is 2. The van der Waals surface area contributed by atoms with Crippen LogP contribution in [-0.4, -0.2) is 11.3 Å². The van der Waals surface area contributed by atoms with Crippen LogP contribution >= 0.6 is 15.9 Å². The molecule has 3 aliphatic rings. The molecule has 0 radical (unpaired) electrons. The van der Waals surface area contributed by atoms with Gasteiger partial charge in [0.05, 0.1) is 0 Å². The van der Waals surface area contributed by atoms with E-state index in [1.54, 1.807) is 5.57 Å². The van der Waals surface area contributed by atoms with Crippen molar-refractivity contribution in [2.75, 3.05) is 5.33 Å². The van der Waals surface area contributed by atoms with Crippen LogP contribution in [0.25, 0.3) is 0 Å². The molecule has 3 aliphatic carbocycles. The minimum absolute atomic E-state index is 0.231. The number of halogens is 1. The third kappa shape index (κ3) is 3.10. The maximum atomic E-state index is 11.4. The quantitative estimate of drug-likeness (QED) is 0.236. The van der Waals surface area contributed by atoms with E-state index in [-0.39, 0.29) is 5.97 Å². The number of alkyl halides is 1. The molecule has 0 heterocycles. The number of carbonyl (C=O) groups is 1. The van der Waals surface area contributed by atoms with Gasteiger partial charge in [0.1, 0.15) is 5.75 Å². The molecule has 0 spiro atoms.